The van der Waals surface area contributed by atoms with Crippen LogP contribution in [0.2, 0.25) is 5.02 Å². The fourth-order valence-corrected chi connectivity index (χ4v) is 3.83. The van der Waals surface area contributed by atoms with Crippen molar-refractivity contribution in [1.29, 1.82) is 0 Å². The summed E-state index contributed by atoms with van der Waals surface area (Å²) in [5.41, 5.74) is 1.86. The van der Waals surface area contributed by atoms with Crippen LogP contribution in [0.15, 0.2) is 18.2 Å². The second-order valence-electron chi connectivity index (χ2n) is 5.86. The summed E-state index contributed by atoms with van der Waals surface area (Å²) >= 11 is 6.22. The number of aliphatic hydroxyl groups excluding tert-OH is 2. The smallest absolute Gasteiger partial charge is 0.0776 e. The van der Waals surface area contributed by atoms with Crippen molar-refractivity contribution in [3.05, 3.63) is 28.8 Å². The normalized spacial score (nSPS) is 31.6. The standard InChI is InChI=1S/C15H20ClNO2/c1-9(18)12-4-3-11(6-14(12)16)17-7-10-2-5-15(19)13(10)8-17/h3-4,6,9-10,13,15,18-19H,2,5,7-8H2,1H3. The van der Waals surface area contributed by atoms with Crippen LogP contribution in [0.5, 0.6) is 0 Å². The maximum absolute atomic E-state index is 9.95. The maximum atomic E-state index is 9.95. The molecule has 1 heterocycles. The van der Waals surface area contributed by atoms with Crippen LogP contribution in [0.3, 0.4) is 0 Å². The number of nitrogens with zero attached hydrogens (tertiary/aromatic N) is 1. The molecule has 0 aromatic heterocycles. The first kappa shape index (κ1) is 13.2. The molecule has 0 bridgehead atoms. The van der Waals surface area contributed by atoms with Crippen molar-refractivity contribution >= 4 is 17.3 Å². The molecule has 19 heavy (non-hydrogen) atoms. The molecule has 2 N–H and O–H groups in total. The van der Waals surface area contributed by atoms with Crippen molar-refractivity contribution in [3.63, 3.8) is 0 Å². The predicted molar refractivity (Wildman–Crippen MR) is 76.5 cm³/mol. The van der Waals surface area contributed by atoms with E-state index in [0.29, 0.717) is 16.9 Å². The van der Waals surface area contributed by atoms with Crippen LogP contribution in [0.1, 0.15) is 31.4 Å². The fourth-order valence-electron chi connectivity index (χ4n) is 3.50. The van der Waals surface area contributed by atoms with Gasteiger partial charge in [0.05, 0.1) is 12.2 Å². The molecule has 1 saturated carbocycles. The van der Waals surface area contributed by atoms with Crippen molar-refractivity contribution in [2.45, 2.75) is 32.0 Å². The molecular weight excluding hydrogens is 262 g/mol. The molecule has 1 aromatic carbocycles. The summed E-state index contributed by atoms with van der Waals surface area (Å²) < 4.78 is 0. The highest BCUT2D eigenvalue weighted by molar-refractivity contribution is 6.31. The van der Waals surface area contributed by atoms with E-state index in [1.807, 2.05) is 18.2 Å². The highest BCUT2D eigenvalue weighted by Gasteiger charge is 2.41. The Kier molecular flexibility index (Phi) is 3.46. The molecule has 1 aliphatic heterocycles. The van der Waals surface area contributed by atoms with Gasteiger partial charge in [0.15, 0.2) is 0 Å². The topological polar surface area (TPSA) is 43.7 Å². The van der Waals surface area contributed by atoms with Gasteiger partial charge in [-0.2, -0.15) is 0 Å². The molecule has 4 heteroatoms. The number of halogens is 1. The first-order valence-corrected chi connectivity index (χ1v) is 7.34. The summed E-state index contributed by atoms with van der Waals surface area (Å²) in [5, 5.41) is 20.2. The zero-order chi connectivity index (χ0) is 13.6. The minimum absolute atomic E-state index is 0.137. The second-order valence-corrected chi connectivity index (χ2v) is 6.26. The van der Waals surface area contributed by atoms with Crippen LogP contribution >= 0.6 is 11.6 Å². The van der Waals surface area contributed by atoms with Crippen molar-refractivity contribution in [3.8, 4) is 0 Å². The minimum Gasteiger partial charge on any atom is -0.393 e. The van der Waals surface area contributed by atoms with Crippen LogP contribution in [0.25, 0.3) is 0 Å². The molecule has 2 aliphatic rings. The molecule has 1 aromatic rings. The quantitative estimate of drug-likeness (QED) is 0.876. The lowest BCUT2D eigenvalue weighted by molar-refractivity contribution is 0.133. The first-order valence-electron chi connectivity index (χ1n) is 6.97. The summed E-state index contributed by atoms with van der Waals surface area (Å²) in [5.74, 6) is 1.03. The van der Waals surface area contributed by atoms with Crippen molar-refractivity contribution in [1.82, 2.24) is 0 Å². The number of rotatable bonds is 2. The molecular formula is C15H20ClNO2. The Morgan fingerprint density at radius 2 is 2.11 bits per heavy atom. The van der Waals surface area contributed by atoms with E-state index in [0.717, 1.165) is 37.2 Å². The van der Waals surface area contributed by atoms with E-state index >= 15 is 0 Å². The lowest BCUT2D eigenvalue weighted by Crippen LogP contribution is -2.24. The van der Waals surface area contributed by atoms with Gasteiger partial charge >= 0.3 is 0 Å². The monoisotopic (exact) mass is 281 g/mol. The van der Waals surface area contributed by atoms with Gasteiger partial charge in [0, 0.05) is 29.7 Å². The Morgan fingerprint density at radius 1 is 1.32 bits per heavy atom. The number of fused-ring (bicyclic) bond motifs is 1. The number of benzene rings is 1. The predicted octanol–water partition coefficient (Wildman–Crippen LogP) is 2.60. The van der Waals surface area contributed by atoms with Gasteiger partial charge in [-0.3, -0.25) is 0 Å². The molecule has 3 rings (SSSR count). The fraction of sp³-hybridized carbons (Fsp3) is 0.600. The number of hydrogen-bond donors (Lipinski definition) is 2. The molecule has 0 amide bonds. The maximum Gasteiger partial charge on any atom is 0.0776 e. The van der Waals surface area contributed by atoms with E-state index < -0.39 is 6.10 Å². The first-order chi connectivity index (χ1) is 9.06. The number of anilines is 1. The average Bonchev–Trinajstić information content (AvgIpc) is 2.91. The summed E-state index contributed by atoms with van der Waals surface area (Å²) in [4.78, 5) is 2.30. The lowest BCUT2D eigenvalue weighted by atomic mass is 10.00. The van der Waals surface area contributed by atoms with Crippen molar-refractivity contribution in [2.75, 3.05) is 18.0 Å². The van der Waals surface area contributed by atoms with Crippen LogP contribution in [-0.2, 0) is 0 Å². The zero-order valence-corrected chi connectivity index (χ0v) is 11.8. The Morgan fingerprint density at radius 3 is 2.74 bits per heavy atom. The van der Waals surface area contributed by atoms with Crippen molar-refractivity contribution in [2.24, 2.45) is 11.8 Å². The van der Waals surface area contributed by atoms with Gasteiger partial charge in [-0.05, 0) is 43.4 Å². The van der Waals surface area contributed by atoms with Gasteiger partial charge in [-0.1, -0.05) is 17.7 Å². The highest BCUT2D eigenvalue weighted by atomic mass is 35.5. The van der Waals surface area contributed by atoms with Crippen LogP contribution in [-0.4, -0.2) is 29.4 Å². The molecule has 1 saturated heterocycles. The molecule has 2 fully saturated rings. The van der Waals surface area contributed by atoms with Gasteiger partial charge in [-0.15, -0.1) is 0 Å². The Bertz CT molecular complexity index is 477. The highest BCUT2D eigenvalue weighted by Crippen LogP contribution is 2.40. The summed E-state index contributed by atoms with van der Waals surface area (Å²) in [6.45, 7) is 3.64. The molecule has 4 atom stereocenters. The van der Waals surface area contributed by atoms with E-state index in [1.54, 1.807) is 6.92 Å². The summed E-state index contributed by atoms with van der Waals surface area (Å²) in [6.07, 6.45) is 1.40. The van der Waals surface area contributed by atoms with Gasteiger partial charge in [-0.25, -0.2) is 0 Å². The van der Waals surface area contributed by atoms with E-state index in [4.69, 9.17) is 11.6 Å². The minimum atomic E-state index is -0.540. The van der Waals surface area contributed by atoms with Crippen LogP contribution in [0, 0.1) is 11.8 Å². The molecule has 0 radical (unpaired) electrons. The van der Waals surface area contributed by atoms with Crippen LogP contribution < -0.4 is 4.90 Å². The number of aliphatic hydroxyl groups is 2. The van der Waals surface area contributed by atoms with Crippen molar-refractivity contribution < 1.29 is 10.2 Å². The molecule has 1 aliphatic carbocycles. The second kappa shape index (κ2) is 4.97. The Hall–Kier alpha value is -0.770. The van der Waals surface area contributed by atoms with E-state index in [2.05, 4.69) is 4.90 Å². The van der Waals surface area contributed by atoms with Gasteiger partial charge < -0.3 is 15.1 Å². The SMILES string of the molecule is CC(O)c1ccc(N2CC3CCC(O)C3C2)cc1Cl. The molecule has 3 nitrogen and oxygen atoms in total. The third-order valence-corrected chi connectivity index (χ3v) is 4.95. The Labute approximate surface area is 118 Å². The number of hydrogen-bond acceptors (Lipinski definition) is 3. The third kappa shape index (κ3) is 2.35. The summed E-state index contributed by atoms with van der Waals surface area (Å²) in [6, 6.07) is 5.84. The largest absolute Gasteiger partial charge is 0.393 e. The molecule has 0 spiro atoms. The van der Waals surface area contributed by atoms with Gasteiger partial charge in [0.2, 0.25) is 0 Å². The van der Waals surface area contributed by atoms with Crippen LogP contribution in [0.4, 0.5) is 5.69 Å². The lowest BCUT2D eigenvalue weighted by Gasteiger charge is -2.21. The van der Waals surface area contributed by atoms with E-state index in [9.17, 15) is 10.2 Å². The third-order valence-electron chi connectivity index (χ3n) is 4.62. The van der Waals surface area contributed by atoms with E-state index in [-0.39, 0.29) is 6.10 Å². The molecule has 4 unspecified atom stereocenters. The molecule has 104 valence electrons. The summed E-state index contributed by atoms with van der Waals surface area (Å²) in [7, 11) is 0. The van der Waals surface area contributed by atoms with E-state index in [1.165, 1.54) is 0 Å². The van der Waals surface area contributed by atoms with Gasteiger partial charge in [0.1, 0.15) is 0 Å². The average molecular weight is 282 g/mol. The van der Waals surface area contributed by atoms with Gasteiger partial charge in [0.25, 0.3) is 0 Å². The Balaban J connectivity index is 1.79. The zero-order valence-electron chi connectivity index (χ0n) is 11.1.